The highest BCUT2D eigenvalue weighted by Crippen LogP contribution is 2.37. The summed E-state index contributed by atoms with van der Waals surface area (Å²) < 4.78 is 21.8. The minimum Gasteiger partial charge on any atom is -0.492 e. The zero-order valence-corrected chi connectivity index (χ0v) is 22.9. The second-order valence-corrected chi connectivity index (χ2v) is 11.3. The largest absolute Gasteiger partial charge is 0.492 e. The van der Waals surface area contributed by atoms with E-state index in [0.717, 1.165) is 74.0 Å². The summed E-state index contributed by atoms with van der Waals surface area (Å²) >= 11 is 12.0. The second kappa shape index (κ2) is 11.6. The summed E-state index contributed by atoms with van der Waals surface area (Å²) in [6.45, 7) is 4.18. The molecule has 1 aromatic heterocycles. The topological polar surface area (TPSA) is 72.4 Å². The molecule has 3 aromatic rings. The molecule has 9 heteroatoms. The van der Waals surface area contributed by atoms with Gasteiger partial charge in [-0.25, -0.2) is 4.39 Å². The second-order valence-electron chi connectivity index (χ2n) is 10.4. The van der Waals surface area contributed by atoms with Crippen molar-refractivity contribution in [3.63, 3.8) is 0 Å². The maximum absolute atomic E-state index is 14.2. The molecule has 2 aromatic carbocycles. The predicted molar refractivity (Wildman–Crippen MR) is 149 cm³/mol. The number of ether oxygens (including phenoxy) is 1. The summed E-state index contributed by atoms with van der Waals surface area (Å²) in [7, 11) is 0. The van der Waals surface area contributed by atoms with Crippen LogP contribution in [0.15, 0.2) is 41.3 Å². The zero-order valence-electron chi connectivity index (χ0n) is 21.4. The maximum atomic E-state index is 14.2. The molecule has 2 aliphatic carbocycles. The molecule has 6 nitrogen and oxygen atoms in total. The van der Waals surface area contributed by atoms with E-state index in [0.29, 0.717) is 18.0 Å². The van der Waals surface area contributed by atoms with Gasteiger partial charge in [0.1, 0.15) is 23.7 Å². The Morgan fingerprint density at radius 2 is 1.84 bits per heavy atom. The third-order valence-corrected chi connectivity index (χ3v) is 8.26. The lowest BCUT2D eigenvalue weighted by molar-refractivity contribution is 0.0920. The Morgan fingerprint density at radius 3 is 2.55 bits per heavy atom. The quantitative estimate of drug-likeness (QED) is 0.313. The van der Waals surface area contributed by atoms with Crippen molar-refractivity contribution >= 4 is 40.0 Å². The molecule has 0 spiro atoms. The first-order valence-electron chi connectivity index (χ1n) is 13.2. The summed E-state index contributed by atoms with van der Waals surface area (Å²) in [6, 6.07) is 8.50. The van der Waals surface area contributed by atoms with Gasteiger partial charge in [-0.1, -0.05) is 23.2 Å². The molecule has 0 unspecified atom stereocenters. The summed E-state index contributed by atoms with van der Waals surface area (Å²) in [5.41, 5.74) is 1.17. The number of carbonyl (C=O) groups excluding carboxylic acids is 1. The van der Waals surface area contributed by atoms with Gasteiger partial charge in [0.2, 0.25) is 5.43 Å². The fourth-order valence-corrected chi connectivity index (χ4v) is 5.46. The molecule has 0 radical (unpaired) electrons. The zero-order chi connectivity index (χ0) is 26.8. The number of aromatic nitrogens is 1. The minimum atomic E-state index is -0.658. The molecule has 202 valence electrons. The highest BCUT2D eigenvalue weighted by Gasteiger charge is 2.29. The van der Waals surface area contributed by atoms with E-state index in [-0.39, 0.29) is 28.1 Å². The third-order valence-electron chi connectivity index (χ3n) is 7.55. The van der Waals surface area contributed by atoms with E-state index in [9.17, 15) is 14.0 Å². The van der Waals surface area contributed by atoms with Crippen LogP contribution in [-0.4, -0.2) is 36.2 Å². The highest BCUT2D eigenvalue weighted by atomic mass is 35.5. The van der Waals surface area contributed by atoms with Gasteiger partial charge in [-0.3, -0.25) is 9.59 Å². The molecular formula is C29H32Cl2FN3O3. The lowest BCUT2D eigenvalue weighted by Crippen LogP contribution is -2.41. The van der Waals surface area contributed by atoms with Gasteiger partial charge in [0.15, 0.2) is 0 Å². The normalized spacial score (nSPS) is 19.5. The van der Waals surface area contributed by atoms with E-state index in [1.165, 1.54) is 6.07 Å². The number of nitrogens with one attached hydrogen (secondary N) is 2. The molecule has 0 saturated heterocycles. The summed E-state index contributed by atoms with van der Waals surface area (Å²) in [6.07, 6.45) is 7.22. The molecule has 0 atom stereocenters. The lowest BCUT2D eigenvalue weighted by atomic mass is 9.86. The van der Waals surface area contributed by atoms with Crippen molar-refractivity contribution in [2.75, 3.05) is 19.7 Å². The molecule has 1 heterocycles. The number of carbonyl (C=O) groups is 1. The number of benzene rings is 2. The highest BCUT2D eigenvalue weighted by molar-refractivity contribution is 6.31. The van der Waals surface area contributed by atoms with Crippen LogP contribution in [0.4, 0.5) is 4.39 Å². The van der Waals surface area contributed by atoms with Crippen LogP contribution in [0, 0.1) is 18.7 Å². The van der Waals surface area contributed by atoms with Crippen molar-refractivity contribution in [2.45, 2.75) is 57.5 Å². The van der Waals surface area contributed by atoms with Crippen LogP contribution in [0.25, 0.3) is 10.9 Å². The summed E-state index contributed by atoms with van der Waals surface area (Å²) in [4.78, 5) is 26.2. The van der Waals surface area contributed by atoms with E-state index in [4.69, 9.17) is 27.9 Å². The maximum Gasteiger partial charge on any atom is 0.256 e. The number of pyridine rings is 1. The fraction of sp³-hybridized carbons (Fsp3) is 0.448. The Morgan fingerprint density at radius 1 is 1.08 bits per heavy atom. The number of amides is 1. The minimum absolute atomic E-state index is 0.0154. The Kier molecular flexibility index (Phi) is 8.26. The Hall–Kier alpha value is -2.61. The van der Waals surface area contributed by atoms with Gasteiger partial charge >= 0.3 is 0 Å². The van der Waals surface area contributed by atoms with Crippen molar-refractivity contribution in [2.24, 2.45) is 5.92 Å². The van der Waals surface area contributed by atoms with E-state index in [2.05, 4.69) is 10.6 Å². The standard InChI is InChI=1S/C29H32Cl2FN3O3/c1-17-12-21(8-9-24(17)30)38-11-10-33-15-18-2-4-19(5-3-18)34-29(37)23-16-35(20-6-7-20)27-14-25(31)26(32)13-22(27)28(23)36/h8-9,12-14,16,18-20,33H,2-7,10-11,15H2,1H3,(H,34,37). The van der Waals surface area contributed by atoms with Gasteiger partial charge in [-0.2, -0.15) is 0 Å². The van der Waals surface area contributed by atoms with Gasteiger partial charge in [0, 0.05) is 35.2 Å². The van der Waals surface area contributed by atoms with E-state index in [1.54, 1.807) is 6.20 Å². The van der Waals surface area contributed by atoms with Crippen molar-refractivity contribution in [1.82, 2.24) is 15.2 Å². The van der Waals surface area contributed by atoms with E-state index < -0.39 is 17.2 Å². The molecule has 1 amide bonds. The van der Waals surface area contributed by atoms with E-state index in [1.807, 2.05) is 29.7 Å². The number of hydrogen-bond donors (Lipinski definition) is 2. The SMILES string of the molecule is Cc1cc(OCCNCC2CCC(NC(=O)c3cn(C4CC4)c4cc(Cl)c(F)cc4c3=O)CC2)ccc1Cl. The van der Waals surface area contributed by atoms with Gasteiger partial charge in [0.05, 0.1) is 10.5 Å². The molecule has 2 N–H and O–H groups in total. The van der Waals surface area contributed by atoms with Gasteiger partial charge < -0.3 is 19.9 Å². The van der Waals surface area contributed by atoms with Gasteiger partial charge in [0.25, 0.3) is 5.91 Å². The molecule has 0 bridgehead atoms. The Balaban J connectivity index is 1.11. The van der Waals surface area contributed by atoms with Crippen molar-refractivity contribution in [3.05, 3.63) is 73.7 Å². The lowest BCUT2D eigenvalue weighted by Gasteiger charge is -2.29. The van der Waals surface area contributed by atoms with Crippen molar-refractivity contribution in [1.29, 1.82) is 0 Å². The van der Waals surface area contributed by atoms with Gasteiger partial charge in [-0.05, 0) is 93.8 Å². The van der Waals surface area contributed by atoms with Crippen LogP contribution in [-0.2, 0) is 0 Å². The molecule has 2 fully saturated rings. The number of nitrogens with zero attached hydrogens (tertiary/aromatic N) is 1. The Bertz CT molecular complexity index is 1400. The number of halogens is 3. The van der Waals surface area contributed by atoms with Gasteiger partial charge in [-0.15, -0.1) is 0 Å². The van der Waals surface area contributed by atoms with E-state index >= 15 is 0 Å². The molecule has 2 saturated carbocycles. The number of rotatable bonds is 9. The smallest absolute Gasteiger partial charge is 0.256 e. The Labute approximate surface area is 231 Å². The summed E-state index contributed by atoms with van der Waals surface area (Å²) in [5.74, 6) is 0.295. The molecule has 2 aliphatic rings. The third kappa shape index (κ3) is 6.16. The van der Waals surface area contributed by atoms with Crippen LogP contribution in [0.1, 0.15) is 60.5 Å². The monoisotopic (exact) mass is 559 g/mol. The van der Waals surface area contributed by atoms with Crippen LogP contribution in [0.5, 0.6) is 5.75 Å². The van der Waals surface area contributed by atoms with Crippen LogP contribution in [0.2, 0.25) is 10.0 Å². The first kappa shape index (κ1) is 27.0. The first-order chi connectivity index (χ1) is 18.3. The molecule has 0 aliphatic heterocycles. The van der Waals surface area contributed by atoms with Crippen LogP contribution < -0.4 is 20.8 Å². The van der Waals surface area contributed by atoms with Crippen LogP contribution in [0.3, 0.4) is 0 Å². The fourth-order valence-electron chi connectivity index (χ4n) is 5.19. The average Bonchev–Trinajstić information content (AvgIpc) is 3.74. The van der Waals surface area contributed by atoms with Crippen LogP contribution >= 0.6 is 23.2 Å². The van der Waals surface area contributed by atoms with Crippen molar-refractivity contribution < 1.29 is 13.9 Å². The average molecular weight is 560 g/mol. The molecule has 5 rings (SSSR count). The summed E-state index contributed by atoms with van der Waals surface area (Å²) in [5, 5.41) is 7.42. The first-order valence-corrected chi connectivity index (χ1v) is 14.0. The molecular weight excluding hydrogens is 528 g/mol. The number of aryl methyl sites for hydroxylation is 1. The van der Waals surface area contributed by atoms with Crippen molar-refractivity contribution in [3.8, 4) is 5.75 Å². The predicted octanol–water partition coefficient (Wildman–Crippen LogP) is 6.05. The molecule has 38 heavy (non-hydrogen) atoms. The number of fused-ring (bicyclic) bond motifs is 1. The number of hydrogen-bond acceptors (Lipinski definition) is 4.